The zero-order valence-electron chi connectivity index (χ0n) is 3.00. The molecule has 17 radical (unpaired) electrons. The largest absolute Gasteiger partial charge is 0 e. The molecule has 0 bridgehead atoms. The second-order valence-electron chi connectivity index (χ2n) is 0. The molecule has 0 N–H and O–H groups in total. The summed E-state index contributed by atoms with van der Waals surface area (Å²) >= 11 is 0. The summed E-state index contributed by atoms with van der Waals surface area (Å²) < 4.78 is 0. The van der Waals surface area contributed by atoms with Gasteiger partial charge in [-0.1, -0.05) is 0 Å². The summed E-state index contributed by atoms with van der Waals surface area (Å²) in [5, 5.41) is 0. The van der Waals surface area contributed by atoms with Crippen molar-refractivity contribution in [3.05, 3.63) is 0 Å². The monoisotopic (exact) mass is 319 g/mol. The Labute approximate surface area is 98.2 Å². The van der Waals surface area contributed by atoms with Gasteiger partial charge in [0.2, 0.25) is 0 Å². The van der Waals surface area contributed by atoms with Crippen molar-refractivity contribution in [3.8, 4) is 0 Å². The summed E-state index contributed by atoms with van der Waals surface area (Å²) in [7, 11) is 0. The zero-order chi connectivity index (χ0) is 0. The fourth-order valence-electron chi connectivity index (χ4n) is 0. The van der Waals surface area contributed by atoms with Gasteiger partial charge in [-0.3, -0.25) is 0 Å². The predicted molar refractivity (Wildman–Crippen MR) is 28.8 cm³/mol. The molecule has 0 amide bonds. The van der Waals surface area contributed by atoms with Crippen LogP contribution in [0.15, 0.2) is 0 Å². The normalized spacial score (nSPS) is 0. The van der Waals surface area contributed by atoms with Gasteiger partial charge in [0.1, 0.15) is 0 Å². The standard InChI is InChI=1S/4Ge.Na. The van der Waals surface area contributed by atoms with E-state index in [0.717, 1.165) is 0 Å². The topological polar surface area (TPSA) is 0 Å². The average molecular weight is 313 g/mol. The van der Waals surface area contributed by atoms with Crippen molar-refractivity contribution in [3.63, 3.8) is 0 Å². The van der Waals surface area contributed by atoms with Crippen LogP contribution in [0.3, 0.4) is 0 Å². The van der Waals surface area contributed by atoms with Gasteiger partial charge in [0.05, 0.1) is 0 Å². The first-order valence-electron chi connectivity index (χ1n) is 0. The molecule has 0 heterocycles. The van der Waals surface area contributed by atoms with Gasteiger partial charge in [-0.05, 0) is 0 Å². The first-order chi connectivity index (χ1) is 0. The van der Waals surface area contributed by atoms with E-state index in [-0.39, 0.29) is 99.9 Å². The van der Waals surface area contributed by atoms with Crippen LogP contribution in [-0.4, -0.2) is 99.9 Å². The fourth-order valence-corrected chi connectivity index (χ4v) is 0. The summed E-state index contributed by atoms with van der Waals surface area (Å²) in [6.07, 6.45) is 0. The minimum atomic E-state index is 0. The Hall–Kier alpha value is 3.17. The zero-order valence-corrected chi connectivity index (χ0v) is 13.4. The number of hydrogen-bond donors (Lipinski definition) is 0. The minimum absolute atomic E-state index is 0. The molecule has 17 valence electrons. The van der Waals surface area contributed by atoms with E-state index >= 15 is 0 Å². The summed E-state index contributed by atoms with van der Waals surface area (Å²) in [5.74, 6) is 0. The van der Waals surface area contributed by atoms with E-state index in [9.17, 15) is 0 Å². The van der Waals surface area contributed by atoms with Crippen LogP contribution in [0.25, 0.3) is 0 Å². The predicted octanol–water partition coefficient (Wildman–Crippen LogP) is -1.90. The Balaban J connectivity index is 0. The van der Waals surface area contributed by atoms with Gasteiger partial charge >= 0.3 is 0 Å². The molecule has 0 rings (SSSR count). The van der Waals surface area contributed by atoms with Crippen molar-refractivity contribution < 1.29 is 0 Å². The molecule has 0 aromatic rings. The van der Waals surface area contributed by atoms with Gasteiger partial charge in [0.25, 0.3) is 0 Å². The molecule has 0 aliphatic rings. The van der Waals surface area contributed by atoms with E-state index in [2.05, 4.69) is 0 Å². The van der Waals surface area contributed by atoms with Crippen LogP contribution in [0.2, 0.25) is 0 Å². The third-order valence-electron chi connectivity index (χ3n) is 0. The molecule has 0 spiro atoms. The molecule has 5 heavy (non-hydrogen) atoms. The van der Waals surface area contributed by atoms with Crippen LogP contribution in [0.1, 0.15) is 0 Å². The summed E-state index contributed by atoms with van der Waals surface area (Å²) in [5.41, 5.74) is 0. The molecule has 0 atom stereocenters. The van der Waals surface area contributed by atoms with Crippen molar-refractivity contribution in [1.29, 1.82) is 0 Å². The van der Waals surface area contributed by atoms with Crippen molar-refractivity contribution in [2.75, 3.05) is 0 Å². The Morgan fingerprint density at radius 3 is 0.400 bits per heavy atom. The number of hydrogen-bond acceptors (Lipinski definition) is 0. The second kappa shape index (κ2) is 27.2. The fraction of sp³-hybridized carbons (Fsp3) is 0. The van der Waals surface area contributed by atoms with E-state index in [1.807, 2.05) is 0 Å². The average Bonchev–Trinajstić information content (AvgIpc) is 0. The third kappa shape index (κ3) is 19.1. The van der Waals surface area contributed by atoms with Gasteiger partial charge in [-0.2, -0.15) is 0 Å². The molecule has 0 aromatic heterocycles. The maximum atomic E-state index is 0. The first-order valence-corrected chi connectivity index (χ1v) is 0. The molecule has 0 saturated carbocycles. The van der Waals surface area contributed by atoms with Gasteiger partial charge in [0, 0.05) is 99.9 Å². The van der Waals surface area contributed by atoms with Gasteiger partial charge < -0.3 is 0 Å². The van der Waals surface area contributed by atoms with Crippen LogP contribution in [0.4, 0.5) is 0 Å². The summed E-state index contributed by atoms with van der Waals surface area (Å²) in [4.78, 5) is 0. The Morgan fingerprint density at radius 2 is 0.400 bits per heavy atom. The Bertz CT molecular complexity index is 3.61. The van der Waals surface area contributed by atoms with Gasteiger partial charge in [0.15, 0.2) is 0 Å². The summed E-state index contributed by atoms with van der Waals surface area (Å²) in [6, 6.07) is 0. The molecule has 0 unspecified atom stereocenters. The van der Waals surface area contributed by atoms with Crippen molar-refractivity contribution >= 4 is 99.9 Å². The Kier molecular flexibility index (Phi) is 227. The van der Waals surface area contributed by atoms with Crippen LogP contribution >= 0.6 is 0 Å². The van der Waals surface area contributed by atoms with E-state index in [0.29, 0.717) is 0 Å². The molecule has 0 nitrogen and oxygen atoms in total. The van der Waals surface area contributed by atoms with E-state index in [1.54, 1.807) is 0 Å². The van der Waals surface area contributed by atoms with E-state index < -0.39 is 0 Å². The van der Waals surface area contributed by atoms with Crippen molar-refractivity contribution in [1.82, 2.24) is 0 Å². The molecule has 0 aliphatic carbocycles. The quantitative estimate of drug-likeness (QED) is 0.458. The molecule has 0 fully saturated rings. The molecular weight excluding hydrogens is 313 g/mol. The molecule has 0 aromatic carbocycles. The van der Waals surface area contributed by atoms with Crippen LogP contribution in [0, 0.1) is 0 Å². The maximum absolute atomic E-state index is 0. The van der Waals surface area contributed by atoms with Crippen molar-refractivity contribution in [2.45, 2.75) is 0 Å². The third-order valence-corrected chi connectivity index (χ3v) is 0. The molecular formula is Ge4Na. The SMILES string of the molecule is [Ge].[Ge].[Ge].[Ge].[Na]. The number of rotatable bonds is 0. The molecule has 0 aliphatic heterocycles. The van der Waals surface area contributed by atoms with Gasteiger partial charge in [-0.25, -0.2) is 0 Å². The van der Waals surface area contributed by atoms with Crippen molar-refractivity contribution in [2.24, 2.45) is 0 Å². The molecule has 5 heteroatoms. The first kappa shape index (κ1) is 41.8. The maximum Gasteiger partial charge on any atom is 0 e. The van der Waals surface area contributed by atoms with E-state index in [1.165, 1.54) is 0 Å². The van der Waals surface area contributed by atoms with Gasteiger partial charge in [-0.15, -0.1) is 0 Å². The minimum Gasteiger partial charge on any atom is 0 e. The van der Waals surface area contributed by atoms with Crippen LogP contribution < -0.4 is 0 Å². The Morgan fingerprint density at radius 1 is 0.400 bits per heavy atom. The summed E-state index contributed by atoms with van der Waals surface area (Å²) in [6.45, 7) is 0. The van der Waals surface area contributed by atoms with Crippen LogP contribution in [0.5, 0.6) is 0 Å². The second-order valence-corrected chi connectivity index (χ2v) is 0. The smallest absolute Gasteiger partial charge is 0 e. The van der Waals surface area contributed by atoms with E-state index in [4.69, 9.17) is 0 Å². The molecule has 0 saturated heterocycles. The van der Waals surface area contributed by atoms with Crippen LogP contribution in [-0.2, 0) is 0 Å².